The molecule has 150 valence electrons. The second kappa shape index (κ2) is 8.60. The Labute approximate surface area is 171 Å². The van der Waals surface area contributed by atoms with Gasteiger partial charge in [0.25, 0.3) is 0 Å². The van der Waals surface area contributed by atoms with Gasteiger partial charge >= 0.3 is 0 Å². The fourth-order valence-corrected chi connectivity index (χ4v) is 4.04. The fourth-order valence-electron chi connectivity index (χ4n) is 3.07. The van der Waals surface area contributed by atoms with Gasteiger partial charge in [0.1, 0.15) is 5.01 Å². The summed E-state index contributed by atoms with van der Waals surface area (Å²) in [7, 11) is 0. The lowest BCUT2D eigenvalue weighted by Gasteiger charge is -2.30. The minimum Gasteiger partial charge on any atom is -0.396 e. The molecule has 3 aromatic rings. The molecule has 0 saturated heterocycles. The number of fused-ring (bicyclic) bond motifs is 1. The summed E-state index contributed by atoms with van der Waals surface area (Å²) >= 11 is 1.72. The molecule has 0 aliphatic heterocycles. The Balaban J connectivity index is 1.60. The molecular formula is C23H30N2O2S. The number of para-hydroxylation sites is 1. The molecule has 1 aromatic heterocycles. The Bertz CT molecular complexity index is 867. The molecule has 0 radical (unpaired) electrons. The summed E-state index contributed by atoms with van der Waals surface area (Å²) in [4.78, 5) is 4.73. The molecule has 0 unspecified atom stereocenters. The van der Waals surface area contributed by atoms with Gasteiger partial charge in [0.15, 0.2) is 0 Å². The maximum absolute atomic E-state index is 9.11. The molecular weight excluding hydrogens is 368 g/mol. The van der Waals surface area contributed by atoms with Crippen molar-refractivity contribution >= 4 is 27.2 Å². The van der Waals surface area contributed by atoms with Crippen molar-refractivity contribution in [2.24, 2.45) is 0 Å². The van der Waals surface area contributed by atoms with Crippen molar-refractivity contribution in [2.75, 3.05) is 18.5 Å². The topological polar surface area (TPSA) is 54.4 Å². The lowest BCUT2D eigenvalue weighted by molar-refractivity contribution is -0.0369. The van der Waals surface area contributed by atoms with Crippen molar-refractivity contribution in [3.8, 4) is 10.6 Å². The van der Waals surface area contributed by atoms with Crippen molar-refractivity contribution in [2.45, 2.75) is 51.7 Å². The molecule has 2 aromatic carbocycles. The number of aliphatic hydroxyl groups excluding tert-OH is 1. The molecule has 2 N–H and O–H groups in total. The third-order valence-electron chi connectivity index (χ3n) is 4.84. The Morgan fingerprint density at radius 3 is 2.39 bits per heavy atom. The molecule has 0 fully saturated rings. The van der Waals surface area contributed by atoms with Gasteiger partial charge in [-0.05, 0) is 76.9 Å². The summed E-state index contributed by atoms with van der Waals surface area (Å²) in [5.41, 5.74) is 2.90. The highest BCUT2D eigenvalue weighted by Gasteiger charge is 2.22. The van der Waals surface area contributed by atoms with Crippen LogP contribution < -0.4 is 5.32 Å². The second-order valence-electron chi connectivity index (χ2n) is 8.40. The summed E-state index contributed by atoms with van der Waals surface area (Å²) in [6.07, 6.45) is 1.52. The van der Waals surface area contributed by atoms with Crippen molar-refractivity contribution in [3.63, 3.8) is 0 Å². The summed E-state index contributed by atoms with van der Waals surface area (Å²) in [6, 6.07) is 16.7. The number of hydrogen-bond donors (Lipinski definition) is 2. The van der Waals surface area contributed by atoms with E-state index in [9.17, 15) is 0 Å². The van der Waals surface area contributed by atoms with Crippen molar-refractivity contribution < 1.29 is 9.84 Å². The van der Waals surface area contributed by atoms with Crippen LogP contribution in [0.3, 0.4) is 0 Å². The SMILES string of the molecule is CC(C)(CCOC(C)(C)CCO)Nc1ccc(-c2nc3ccccc3s2)cc1. The monoisotopic (exact) mass is 398 g/mol. The van der Waals surface area contributed by atoms with Crippen molar-refractivity contribution in [3.05, 3.63) is 48.5 Å². The first-order valence-corrected chi connectivity index (χ1v) is 10.6. The number of benzene rings is 2. The average Bonchev–Trinajstić information content (AvgIpc) is 3.05. The summed E-state index contributed by atoms with van der Waals surface area (Å²) < 4.78 is 7.16. The summed E-state index contributed by atoms with van der Waals surface area (Å²) in [5, 5.41) is 13.7. The number of nitrogens with one attached hydrogen (secondary N) is 1. The maximum atomic E-state index is 9.11. The highest BCUT2D eigenvalue weighted by atomic mass is 32.1. The zero-order valence-corrected chi connectivity index (χ0v) is 18.0. The molecule has 0 spiro atoms. The minimum atomic E-state index is -0.288. The lowest BCUT2D eigenvalue weighted by Crippen LogP contribution is -2.34. The van der Waals surface area contributed by atoms with Crippen LogP contribution >= 0.6 is 11.3 Å². The van der Waals surface area contributed by atoms with Crippen LogP contribution in [0.2, 0.25) is 0 Å². The molecule has 0 bridgehead atoms. The molecule has 28 heavy (non-hydrogen) atoms. The molecule has 0 amide bonds. The third-order valence-corrected chi connectivity index (χ3v) is 5.93. The Morgan fingerprint density at radius 1 is 1.00 bits per heavy atom. The first-order chi connectivity index (χ1) is 13.3. The van der Waals surface area contributed by atoms with Crippen LogP contribution in [0, 0.1) is 0 Å². The van der Waals surface area contributed by atoms with Gasteiger partial charge in [0.05, 0.1) is 15.8 Å². The largest absolute Gasteiger partial charge is 0.396 e. The van der Waals surface area contributed by atoms with Crippen LogP contribution in [0.15, 0.2) is 48.5 Å². The van der Waals surface area contributed by atoms with E-state index in [1.165, 1.54) is 4.70 Å². The van der Waals surface area contributed by atoms with Gasteiger partial charge < -0.3 is 15.2 Å². The molecule has 4 nitrogen and oxygen atoms in total. The number of anilines is 1. The zero-order chi connectivity index (χ0) is 20.2. The predicted octanol–water partition coefficient (Wildman–Crippen LogP) is 5.72. The number of rotatable bonds is 9. The smallest absolute Gasteiger partial charge is 0.124 e. The third kappa shape index (κ3) is 5.53. The quantitative estimate of drug-likeness (QED) is 0.484. The second-order valence-corrected chi connectivity index (χ2v) is 9.44. The number of nitrogens with zero attached hydrogens (tertiary/aromatic N) is 1. The van der Waals surface area contributed by atoms with E-state index in [4.69, 9.17) is 14.8 Å². The van der Waals surface area contributed by atoms with E-state index in [0.29, 0.717) is 13.0 Å². The van der Waals surface area contributed by atoms with Gasteiger partial charge in [0.2, 0.25) is 0 Å². The zero-order valence-electron chi connectivity index (χ0n) is 17.2. The van der Waals surface area contributed by atoms with Crippen molar-refractivity contribution in [1.29, 1.82) is 0 Å². The van der Waals surface area contributed by atoms with Crippen LogP contribution in [-0.2, 0) is 4.74 Å². The Kier molecular flexibility index (Phi) is 6.38. The normalized spacial score (nSPS) is 12.5. The molecule has 0 aliphatic rings. The van der Waals surface area contributed by atoms with Gasteiger partial charge in [-0.2, -0.15) is 0 Å². The molecule has 5 heteroatoms. The van der Waals surface area contributed by atoms with Gasteiger partial charge in [0, 0.05) is 30.0 Å². The molecule has 0 aliphatic carbocycles. The van der Waals surface area contributed by atoms with E-state index in [-0.39, 0.29) is 17.7 Å². The van der Waals surface area contributed by atoms with E-state index in [1.54, 1.807) is 11.3 Å². The van der Waals surface area contributed by atoms with Crippen LogP contribution in [0.4, 0.5) is 5.69 Å². The first kappa shape index (κ1) is 20.8. The highest BCUT2D eigenvalue weighted by Crippen LogP contribution is 2.31. The van der Waals surface area contributed by atoms with Crippen LogP contribution in [0.25, 0.3) is 20.8 Å². The standard InChI is InChI=1S/C23H30N2O2S/c1-22(2,14-16-27-23(3,4)13-15-26)25-18-11-9-17(10-12-18)21-24-19-7-5-6-8-20(19)28-21/h5-12,25-26H,13-16H2,1-4H3. The minimum absolute atomic E-state index is 0.0906. The summed E-state index contributed by atoms with van der Waals surface area (Å²) in [5.74, 6) is 0. The van der Waals surface area contributed by atoms with Gasteiger partial charge in [-0.3, -0.25) is 0 Å². The predicted molar refractivity (Wildman–Crippen MR) is 119 cm³/mol. The average molecular weight is 399 g/mol. The van der Waals surface area contributed by atoms with E-state index in [2.05, 4.69) is 55.6 Å². The summed E-state index contributed by atoms with van der Waals surface area (Å²) in [6.45, 7) is 9.19. The number of thiazole rings is 1. The lowest BCUT2D eigenvalue weighted by atomic mass is 10.00. The van der Waals surface area contributed by atoms with Gasteiger partial charge in [-0.1, -0.05) is 12.1 Å². The van der Waals surface area contributed by atoms with Gasteiger partial charge in [-0.25, -0.2) is 4.98 Å². The molecule has 3 rings (SSSR count). The molecule has 0 atom stereocenters. The van der Waals surface area contributed by atoms with E-state index in [0.717, 1.165) is 28.2 Å². The van der Waals surface area contributed by atoms with Crippen LogP contribution in [0.1, 0.15) is 40.5 Å². The van der Waals surface area contributed by atoms with Crippen LogP contribution in [0.5, 0.6) is 0 Å². The molecule has 0 saturated carbocycles. The molecule has 1 heterocycles. The van der Waals surface area contributed by atoms with Gasteiger partial charge in [-0.15, -0.1) is 11.3 Å². The van der Waals surface area contributed by atoms with Crippen LogP contribution in [-0.4, -0.2) is 34.4 Å². The first-order valence-electron chi connectivity index (χ1n) is 9.77. The maximum Gasteiger partial charge on any atom is 0.124 e. The number of aromatic nitrogens is 1. The fraction of sp³-hybridized carbons (Fsp3) is 0.435. The Hall–Kier alpha value is -1.95. The van der Waals surface area contributed by atoms with Crippen molar-refractivity contribution in [1.82, 2.24) is 4.98 Å². The Morgan fingerprint density at radius 2 is 1.71 bits per heavy atom. The van der Waals surface area contributed by atoms with E-state index < -0.39 is 0 Å². The van der Waals surface area contributed by atoms with E-state index >= 15 is 0 Å². The highest BCUT2D eigenvalue weighted by molar-refractivity contribution is 7.21. The number of ether oxygens (including phenoxy) is 1. The number of hydrogen-bond acceptors (Lipinski definition) is 5. The number of aliphatic hydroxyl groups is 1. The van der Waals surface area contributed by atoms with E-state index in [1.807, 2.05) is 26.0 Å².